The summed E-state index contributed by atoms with van der Waals surface area (Å²) in [5, 5.41) is 0. The minimum absolute atomic E-state index is 1.04. The molecule has 0 radical (unpaired) electrons. The molecule has 0 nitrogen and oxygen atoms in total. The zero-order valence-electron chi connectivity index (χ0n) is 5.56. The van der Waals surface area contributed by atoms with Crippen molar-refractivity contribution in [3.8, 4) is 0 Å². The van der Waals surface area contributed by atoms with Crippen molar-refractivity contribution in [2.45, 2.75) is 41.7 Å². The van der Waals surface area contributed by atoms with Crippen molar-refractivity contribution in [2.75, 3.05) is 0 Å². The van der Waals surface area contributed by atoms with E-state index in [4.69, 9.17) is 0 Å². The summed E-state index contributed by atoms with van der Waals surface area (Å²) in [5.74, 6) is 0. The zero-order valence-corrected chi connectivity index (χ0v) is 8.99. The predicted octanol–water partition coefficient (Wildman–Crippen LogP) is 1.79. The van der Waals surface area contributed by atoms with Gasteiger partial charge in [0.15, 0.2) is 0 Å². The molecule has 0 N–H and O–H groups in total. The zero-order chi connectivity index (χ0) is 6.16. The summed E-state index contributed by atoms with van der Waals surface area (Å²) in [6.07, 6.45) is 9.43. The van der Waals surface area contributed by atoms with Gasteiger partial charge in [0.25, 0.3) is 0 Å². The summed E-state index contributed by atoms with van der Waals surface area (Å²) in [4.78, 5) is 0. The third kappa shape index (κ3) is 1.54. The van der Waals surface area contributed by atoms with Gasteiger partial charge in [-0.05, 0) is 0 Å². The van der Waals surface area contributed by atoms with Crippen LogP contribution in [0.25, 0.3) is 0 Å². The van der Waals surface area contributed by atoms with Crippen LogP contribution in [0.1, 0.15) is 38.5 Å². The van der Waals surface area contributed by atoms with Crippen LogP contribution in [0.5, 0.6) is 0 Å². The molecule has 0 aromatic carbocycles. The average Bonchev–Trinajstić information content (AvgIpc) is 2.64. The Balaban J connectivity index is 1.92. The molecule has 0 aromatic rings. The summed E-state index contributed by atoms with van der Waals surface area (Å²) in [7, 11) is 0. The topological polar surface area (TPSA) is 0 Å². The Morgan fingerprint density at radius 1 is 0.778 bits per heavy atom. The van der Waals surface area contributed by atoms with Crippen molar-refractivity contribution in [1.29, 1.82) is 0 Å². The van der Waals surface area contributed by atoms with Crippen LogP contribution in [0.3, 0.4) is 0 Å². The van der Waals surface area contributed by atoms with Crippen molar-refractivity contribution in [3.63, 3.8) is 0 Å². The molecule has 1 spiro atoms. The molecule has 0 aromatic heterocycles. The van der Waals surface area contributed by atoms with E-state index in [1.807, 2.05) is 0 Å². The van der Waals surface area contributed by atoms with E-state index < -0.39 is 0 Å². The molecule has 9 heavy (non-hydrogen) atoms. The van der Waals surface area contributed by atoms with Gasteiger partial charge < -0.3 is 0 Å². The Hall–Kier alpha value is 1.04. The average molecular weight is 254 g/mol. The molecule has 0 unspecified atom stereocenters. The molecule has 2 fully saturated rings. The van der Waals surface area contributed by atoms with Crippen molar-refractivity contribution in [3.05, 3.63) is 0 Å². The molecule has 1 heterocycles. The predicted molar refractivity (Wildman–Crippen MR) is 41.9 cm³/mol. The molecular weight excluding hydrogens is 242 g/mol. The number of rotatable bonds is 0. The van der Waals surface area contributed by atoms with Crippen LogP contribution in [0.15, 0.2) is 0 Å². The van der Waals surface area contributed by atoms with E-state index in [2.05, 4.69) is 0 Å². The Kier molecular flexibility index (Phi) is 1.93. The molecule has 1 saturated carbocycles. The molecule has 2 heteroatoms. The van der Waals surface area contributed by atoms with Crippen molar-refractivity contribution >= 4 is 26.3 Å². The first-order chi connectivity index (χ1) is 4.41. The normalized spacial score (nSPS) is 32.0. The summed E-state index contributed by atoms with van der Waals surface area (Å²) < 4.78 is 1.04. The van der Waals surface area contributed by atoms with Gasteiger partial charge in [0.2, 0.25) is 0 Å². The van der Waals surface area contributed by atoms with Crippen LogP contribution < -0.4 is 0 Å². The second kappa shape index (κ2) is 2.58. The van der Waals surface area contributed by atoms with Crippen LogP contribution in [0, 0.1) is 0 Å². The minimum atomic E-state index is 1.04. The molecule has 1 aliphatic heterocycles. The molecule has 1 aliphatic carbocycles. The first kappa shape index (κ1) is 6.73. The fourth-order valence-corrected chi connectivity index (χ4v) is 8.57. The van der Waals surface area contributed by atoms with E-state index in [1.165, 1.54) is 12.8 Å². The van der Waals surface area contributed by atoms with Gasteiger partial charge in [-0.25, -0.2) is 0 Å². The molecule has 0 bridgehead atoms. The van der Waals surface area contributed by atoms with E-state index in [0.717, 1.165) is 29.5 Å². The van der Waals surface area contributed by atoms with Gasteiger partial charge in [-0.1, -0.05) is 0 Å². The maximum absolute atomic E-state index is 1.62. The van der Waals surface area contributed by atoms with E-state index in [9.17, 15) is 0 Å². The van der Waals surface area contributed by atoms with Gasteiger partial charge in [0, 0.05) is 0 Å². The van der Waals surface area contributed by atoms with Crippen molar-refractivity contribution in [2.24, 2.45) is 0 Å². The van der Waals surface area contributed by atoms with E-state index in [0.29, 0.717) is 0 Å². The monoisotopic (exact) mass is 256 g/mol. The van der Waals surface area contributed by atoms with Crippen molar-refractivity contribution in [1.82, 2.24) is 0 Å². The summed E-state index contributed by atoms with van der Waals surface area (Å²) in [6, 6.07) is 0. The number of hydrogen-bond acceptors (Lipinski definition) is 0. The van der Waals surface area contributed by atoms with Gasteiger partial charge >= 0.3 is 68.0 Å². The van der Waals surface area contributed by atoms with E-state index in [1.54, 1.807) is 25.7 Å². The summed E-state index contributed by atoms with van der Waals surface area (Å²) in [5.41, 5.74) is 0. The first-order valence-electron chi connectivity index (χ1n) is 3.78. The third-order valence-electron chi connectivity index (χ3n) is 2.18. The van der Waals surface area contributed by atoms with Gasteiger partial charge in [0.05, 0.1) is 0 Å². The summed E-state index contributed by atoms with van der Waals surface area (Å²) >= 11 is 2.29. The first-order valence-corrected chi connectivity index (χ1v) is 9.83. The van der Waals surface area contributed by atoms with Gasteiger partial charge in [-0.3, -0.25) is 0 Å². The van der Waals surface area contributed by atoms with Gasteiger partial charge in [0.1, 0.15) is 0 Å². The fourth-order valence-electron chi connectivity index (χ4n) is 1.49. The second-order valence-corrected chi connectivity index (χ2v) is 11.9. The molecule has 0 amide bonds. The van der Waals surface area contributed by atoms with Crippen LogP contribution >= 0.6 is 0 Å². The Bertz CT molecular complexity index is 97.5. The van der Waals surface area contributed by atoms with E-state index in [-0.39, 0.29) is 0 Å². The van der Waals surface area contributed by atoms with Crippen molar-refractivity contribution < 1.29 is 0 Å². The molecule has 52 valence electrons. The SMILES string of the molecule is C1CCCC2(CC1)[Se][Se]2. The van der Waals surface area contributed by atoms with Crippen LogP contribution in [-0.2, 0) is 0 Å². The molecular formula is C7H12Se2. The second-order valence-electron chi connectivity index (χ2n) is 2.99. The third-order valence-corrected chi connectivity index (χ3v) is 12.2. The standard InChI is InChI=1S/C7H12Se2/c1-2-4-6-7(5-3-1)8-9-7/h1-6H2. The van der Waals surface area contributed by atoms with Crippen LogP contribution in [-0.4, -0.2) is 26.3 Å². The molecule has 2 aliphatic rings. The quantitative estimate of drug-likeness (QED) is 0.578. The van der Waals surface area contributed by atoms with Gasteiger partial charge in [-0.15, -0.1) is 0 Å². The van der Waals surface area contributed by atoms with Gasteiger partial charge in [-0.2, -0.15) is 0 Å². The van der Waals surface area contributed by atoms with Crippen LogP contribution in [0.2, 0.25) is 3.21 Å². The van der Waals surface area contributed by atoms with Crippen LogP contribution in [0.4, 0.5) is 0 Å². The Labute approximate surface area is 68.0 Å². The molecule has 0 atom stereocenters. The summed E-state index contributed by atoms with van der Waals surface area (Å²) in [6.45, 7) is 0. The Morgan fingerprint density at radius 2 is 1.33 bits per heavy atom. The maximum atomic E-state index is 1.62. The Morgan fingerprint density at radius 3 is 1.78 bits per heavy atom. The van der Waals surface area contributed by atoms with E-state index >= 15 is 0 Å². The molecule has 2 rings (SSSR count). The fraction of sp³-hybridized carbons (Fsp3) is 1.00. The molecule has 1 saturated heterocycles. The number of hydrogen-bond donors (Lipinski definition) is 0.